The van der Waals surface area contributed by atoms with Crippen molar-refractivity contribution >= 4 is 16.6 Å². The molecular weight excluding hydrogens is 248 g/mol. The maximum atomic E-state index is 5.73. The van der Waals surface area contributed by atoms with E-state index in [1.807, 2.05) is 19.1 Å². The molecule has 1 aromatic heterocycles. The molecule has 0 aliphatic carbocycles. The van der Waals surface area contributed by atoms with Crippen molar-refractivity contribution in [2.75, 3.05) is 18.5 Å². The fraction of sp³-hybridized carbons (Fsp3) is 0.471. The molecule has 20 heavy (non-hydrogen) atoms. The van der Waals surface area contributed by atoms with Gasteiger partial charge in [-0.3, -0.25) is 0 Å². The number of fused-ring (bicyclic) bond motifs is 1. The van der Waals surface area contributed by atoms with Gasteiger partial charge in [0.25, 0.3) is 0 Å². The minimum atomic E-state index is 0.661. The van der Waals surface area contributed by atoms with Crippen LogP contribution in [-0.4, -0.2) is 18.1 Å². The van der Waals surface area contributed by atoms with Crippen LogP contribution < -0.4 is 10.1 Å². The Morgan fingerprint density at radius 1 is 1.20 bits per heavy atom. The molecule has 0 spiro atoms. The number of hydrogen-bond acceptors (Lipinski definition) is 3. The van der Waals surface area contributed by atoms with Gasteiger partial charge in [0.05, 0.1) is 6.61 Å². The predicted molar refractivity (Wildman–Crippen MR) is 85.8 cm³/mol. The number of anilines is 1. The third-order valence-electron chi connectivity index (χ3n) is 3.51. The maximum Gasteiger partial charge on any atom is 0.145 e. The monoisotopic (exact) mass is 272 g/mol. The summed E-state index contributed by atoms with van der Waals surface area (Å²) in [5.74, 6) is 0.874. The Morgan fingerprint density at radius 3 is 2.65 bits per heavy atom. The number of benzene rings is 1. The molecule has 0 atom stereocenters. The molecule has 0 unspecified atom stereocenters. The summed E-state index contributed by atoms with van der Waals surface area (Å²) in [6.45, 7) is 10.1. The molecule has 0 aliphatic rings. The Labute approximate surface area is 121 Å². The fourth-order valence-electron chi connectivity index (χ4n) is 2.50. The Hall–Kier alpha value is -1.77. The number of para-hydroxylation sites is 1. The van der Waals surface area contributed by atoms with Crippen molar-refractivity contribution in [3.05, 3.63) is 29.5 Å². The van der Waals surface area contributed by atoms with Crippen molar-refractivity contribution in [1.82, 2.24) is 4.98 Å². The standard InChI is InChI=1S/C17H24N2O/c1-5-11-18-16-12(4)14(6-2)19-17-13(16)9-8-10-15(17)20-7-3/h8-10H,5-7,11H2,1-4H3,(H,18,19). The van der Waals surface area contributed by atoms with Crippen LogP contribution in [0, 0.1) is 6.92 Å². The van der Waals surface area contributed by atoms with Crippen molar-refractivity contribution in [3.8, 4) is 5.75 Å². The van der Waals surface area contributed by atoms with Gasteiger partial charge in [-0.2, -0.15) is 0 Å². The lowest BCUT2D eigenvalue weighted by molar-refractivity contribution is 0.343. The van der Waals surface area contributed by atoms with E-state index in [0.29, 0.717) is 6.61 Å². The first kappa shape index (κ1) is 14.6. The van der Waals surface area contributed by atoms with Crippen LogP contribution in [0.2, 0.25) is 0 Å². The Kier molecular flexibility index (Phi) is 4.83. The molecule has 0 saturated carbocycles. The Balaban J connectivity index is 2.67. The Bertz CT molecular complexity index is 593. The summed E-state index contributed by atoms with van der Waals surface area (Å²) in [7, 11) is 0. The summed E-state index contributed by atoms with van der Waals surface area (Å²) in [6, 6.07) is 6.16. The Morgan fingerprint density at radius 2 is 2.00 bits per heavy atom. The van der Waals surface area contributed by atoms with E-state index in [-0.39, 0.29) is 0 Å². The molecule has 108 valence electrons. The first-order valence-electron chi connectivity index (χ1n) is 7.51. The highest BCUT2D eigenvalue weighted by Gasteiger charge is 2.13. The number of nitrogens with one attached hydrogen (secondary N) is 1. The van der Waals surface area contributed by atoms with Crippen LogP contribution in [0.5, 0.6) is 5.75 Å². The lowest BCUT2D eigenvalue weighted by Gasteiger charge is -2.17. The number of aromatic nitrogens is 1. The fourth-order valence-corrected chi connectivity index (χ4v) is 2.50. The number of ether oxygens (including phenoxy) is 1. The molecule has 0 amide bonds. The van der Waals surface area contributed by atoms with Crippen LogP contribution in [0.3, 0.4) is 0 Å². The van der Waals surface area contributed by atoms with Gasteiger partial charge in [0.1, 0.15) is 11.3 Å². The van der Waals surface area contributed by atoms with Crippen LogP contribution in [0.4, 0.5) is 5.69 Å². The molecule has 3 nitrogen and oxygen atoms in total. The molecule has 0 radical (unpaired) electrons. The van der Waals surface area contributed by atoms with E-state index < -0.39 is 0 Å². The zero-order valence-corrected chi connectivity index (χ0v) is 12.9. The second-order valence-corrected chi connectivity index (χ2v) is 4.92. The van der Waals surface area contributed by atoms with Crippen molar-refractivity contribution in [3.63, 3.8) is 0 Å². The first-order chi connectivity index (χ1) is 9.72. The third kappa shape index (κ3) is 2.72. The van der Waals surface area contributed by atoms with E-state index in [9.17, 15) is 0 Å². The maximum absolute atomic E-state index is 5.73. The SMILES string of the molecule is CCCNc1c(C)c(CC)nc2c(OCC)cccc12. The molecular formula is C17H24N2O. The normalized spacial score (nSPS) is 10.8. The average molecular weight is 272 g/mol. The second-order valence-electron chi connectivity index (χ2n) is 4.92. The van der Waals surface area contributed by atoms with E-state index in [1.165, 1.54) is 11.3 Å². The average Bonchev–Trinajstić information content (AvgIpc) is 2.46. The molecule has 0 saturated heterocycles. The second kappa shape index (κ2) is 6.60. The highest BCUT2D eigenvalue weighted by molar-refractivity contribution is 5.96. The van der Waals surface area contributed by atoms with Gasteiger partial charge in [-0.15, -0.1) is 0 Å². The summed E-state index contributed by atoms with van der Waals surface area (Å²) in [5.41, 5.74) is 4.57. The van der Waals surface area contributed by atoms with Gasteiger partial charge < -0.3 is 10.1 Å². The highest BCUT2D eigenvalue weighted by atomic mass is 16.5. The summed E-state index contributed by atoms with van der Waals surface area (Å²) in [6.07, 6.45) is 2.04. The van der Waals surface area contributed by atoms with Crippen LogP contribution in [0.15, 0.2) is 18.2 Å². The van der Waals surface area contributed by atoms with Gasteiger partial charge in [-0.1, -0.05) is 26.0 Å². The number of aryl methyl sites for hydroxylation is 1. The van der Waals surface area contributed by atoms with Crippen molar-refractivity contribution < 1.29 is 4.74 Å². The van der Waals surface area contributed by atoms with E-state index in [0.717, 1.165) is 41.7 Å². The first-order valence-corrected chi connectivity index (χ1v) is 7.51. The lowest BCUT2D eigenvalue weighted by atomic mass is 10.0. The summed E-state index contributed by atoms with van der Waals surface area (Å²) >= 11 is 0. The topological polar surface area (TPSA) is 34.2 Å². The smallest absolute Gasteiger partial charge is 0.145 e. The van der Waals surface area contributed by atoms with Crippen LogP contribution in [-0.2, 0) is 6.42 Å². The summed E-state index contributed by atoms with van der Waals surface area (Å²) < 4.78 is 5.73. The minimum Gasteiger partial charge on any atom is -0.492 e. The summed E-state index contributed by atoms with van der Waals surface area (Å²) in [4.78, 5) is 4.82. The molecule has 2 rings (SSSR count). The molecule has 1 heterocycles. The van der Waals surface area contributed by atoms with Gasteiger partial charge in [0.2, 0.25) is 0 Å². The number of rotatable bonds is 6. The van der Waals surface area contributed by atoms with E-state index in [4.69, 9.17) is 9.72 Å². The molecule has 3 heteroatoms. The van der Waals surface area contributed by atoms with Gasteiger partial charge in [-0.25, -0.2) is 4.98 Å². The van der Waals surface area contributed by atoms with Crippen LogP contribution >= 0.6 is 0 Å². The van der Waals surface area contributed by atoms with Crippen LogP contribution in [0.1, 0.15) is 38.4 Å². The van der Waals surface area contributed by atoms with Crippen molar-refractivity contribution in [1.29, 1.82) is 0 Å². The zero-order valence-electron chi connectivity index (χ0n) is 12.9. The number of pyridine rings is 1. The van der Waals surface area contributed by atoms with E-state index in [1.54, 1.807) is 0 Å². The molecule has 0 bridgehead atoms. The van der Waals surface area contributed by atoms with Crippen molar-refractivity contribution in [2.24, 2.45) is 0 Å². The van der Waals surface area contributed by atoms with E-state index >= 15 is 0 Å². The lowest BCUT2D eigenvalue weighted by Crippen LogP contribution is -2.06. The number of nitrogens with zero attached hydrogens (tertiary/aromatic N) is 1. The third-order valence-corrected chi connectivity index (χ3v) is 3.51. The molecule has 1 aromatic carbocycles. The molecule has 0 fully saturated rings. The number of hydrogen-bond donors (Lipinski definition) is 1. The van der Waals surface area contributed by atoms with Crippen LogP contribution in [0.25, 0.3) is 10.9 Å². The van der Waals surface area contributed by atoms with Crippen molar-refractivity contribution in [2.45, 2.75) is 40.5 Å². The minimum absolute atomic E-state index is 0.661. The summed E-state index contributed by atoms with van der Waals surface area (Å²) in [5, 5.41) is 4.71. The highest BCUT2D eigenvalue weighted by Crippen LogP contribution is 2.33. The van der Waals surface area contributed by atoms with Gasteiger partial charge in [0, 0.05) is 23.3 Å². The molecule has 1 N–H and O–H groups in total. The predicted octanol–water partition coefficient (Wildman–Crippen LogP) is 4.33. The van der Waals surface area contributed by atoms with Gasteiger partial charge in [-0.05, 0) is 38.3 Å². The largest absolute Gasteiger partial charge is 0.492 e. The van der Waals surface area contributed by atoms with E-state index in [2.05, 4.69) is 32.2 Å². The zero-order chi connectivity index (χ0) is 14.5. The quantitative estimate of drug-likeness (QED) is 0.850. The molecule has 2 aromatic rings. The molecule has 0 aliphatic heterocycles. The van der Waals surface area contributed by atoms with Gasteiger partial charge >= 0.3 is 0 Å². The van der Waals surface area contributed by atoms with Gasteiger partial charge in [0.15, 0.2) is 0 Å².